The van der Waals surface area contributed by atoms with Crippen molar-refractivity contribution >= 4 is 17.8 Å². The predicted octanol–water partition coefficient (Wildman–Crippen LogP) is 9.33. The summed E-state index contributed by atoms with van der Waals surface area (Å²) in [4.78, 5) is 39.5. The van der Waals surface area contributed by atoms with Crippen molar-refractivity contribution in [2.24, 2.45) is 5.73 Å². The summed E-state index contributed by atoms with van der Waals surface area (Å²) < 4.78 is 0. The van der Waals surface area contributed by atoms with Gasteiger partial charge in [0.05, 0.1) is 0 Å². The minimum absolute atomic E-state index is 0.252. The van der Waals surface area contributed by atoms with Crippen LogP contribution in [0.4, 0.5) is 0 Å². The fourth-order valence-electron chi connectivity index (χ4n) is 5.45. The van der Waals surface area contributed by atoms with Crippen molar-refractivity contribution in [1.82, 2.24) is 4.90 Å². The Bertz CT molecular complexity index is 573. The molecule has 3 N–H and O–H groups in total. The number of unbranched alkanes of at least 4 members (excludes halogenated alkanes) is 21. The Hall–Kier alpha value is -1.43. The Morgan fingerprint density at radius 1 is 0.525 bits per heavy atom. The molecule has 0 aromatic rings. The summed E-state index contributed by atoms with van der Waals surface area (Å²) in [7, 11) is 0. The van der Waals surface area contributed by atoms with E-state index in [0.29, 0.717) is 32.2 Å². The number of amides is 2. The van der Waals surface area contributed by atoms with Crippen LogP contribution in [-0.4, -0.2) is 40.4 Å². The third kappa shape index (κ3) is 22.3. The summed E-state index contributed by atoms with van der Waals surface area (Å²) in [6, 6.07) is -1.08. The van der Waals surface area contributed by atoms with Gasteiger partial charge in [0.2, 0.25) is 11.8 Å². The molecule has 0 aromatic heterocycles. The minimum atomic E-state index is -1.09. The summed E-state index contributed by atoms with van der Waals surface area (Å²) in [6.45, 7) is 4.96. The Balaban J connectivity index is 4.49. The topological polar surface area (TPSA) is 101 Å². The molecule has 236 valence electrons. The highest BCUT2D eigenvalue weighted by Gasteiger charge is 2.33. The van der Waals surface area contributed by atoms with E-state index in [4.69, 9.17) is 5.73 Å². The van der Waals surface area contributed by atoms with Crippen molar-refractivity contribution in [3.05, 3.63) is 0 Å². The molecule has 2 amide bonds. The van der Waals surface area contributed by atoms with Gasteiger partial charge in [-0.05, 0) is 38.6 Å². The molecule has 0 saturated heterocycles. The van der Waals surface area contributed by atoms with E-state index in [1.165, 1.54) is 103 Å². The minimum Gasteiger partial charge on any atom is -0.480 e. The Morgan fingerprint density at radius 3 is 1.15 bits per heavy atom. The summed E-state index contributed by atoms with van der Waals surface area (Å²) in [5.41, 5.74) is 5.60. The van der Waals surface area contributed by atoms with Crippen LogP contribution in [0, 0.1) is 0 Å². The van der Waals surface area contributed by atoms with E-state index < -0.39 is 12.0 Å². The number of carbonyl (C=O) groups is 3. The van der Waals surface area contributed by atoms with Gasteiger partial charge in [-0.25, -0.2) is 4.79 Å². The maximum Gasteiger partial charge on any atom is 0.326 e. The summed E-state index contributed by atoms with van der Waals surface area (Å²) in [6.07, 6.45) is 28.2. The van der Waals surface area contributed by atoms with Crippen molar-refractivity contribution in [2.75, 3.05) is 6.54 Å². The third-order valence-electron chi connectivity index (χ3n) is 8.05. The van der Waals surface area contributed by atoms with Gasteiger partial charge in [-0.2, -0.15) is 0 Å². The van der Waals surface area contributed by atoms with Gasteiger partial charge in [0, 0.05) is 12.8 Å². The van der Waals surface area contributed by atoms with Gasteiger partial charge < -0.3 is 10.8 Å². The van der Waals surface area contributed by atoms with Crippen molar-refractivity contribution in [2.45, 2.75) is 193 Å². The van der Waals surface area contributed by atoms with Crippen LogP contribution < -0.4 is 5.73 Å². The number of carboxylic acid groups (broad SMARTS) is 1. The summed E-state index contributed by atoms with van der Waals surface area (Å²) in [5.74, 6) is -1.72. The number of imide groups is 1. The largest absolute Gasteiger partial charge is 0.480 e. The highest BCUT2D eigenvalue weighted by Crippen LogP contribution is 2.18. The van der Waals surface area contributed by atoms with Gasteiger partial charge in [-0.3, -0.25) is 14.5 Å². The van der Waals surface area contributed by atoms with E-state index in [2.05, 4.69) is 13.8 Å². The summed E-state index contributed by atoms with van der Waals surface area (Å²) >= 11 is 0. The van der Waals surface area contributed by atoms with Crippen molar-refractivity contribution in [1.29, 1.82) is 0 Å². The lowest BCUT2D eigenvalue weighted by atomic mass is 10.0. The first kappa shape index (κ1) is 38.6. The van der Waals surface area contributed by atoms with Gasteiger partial charge in [-0.1, -0.05) is 142 Å². The number of carboxylic acids is 1. The van der Waals surface area contributed by atoms with E-state index in [1.807, 2.05) is 0 Å². The number of nitrogens with zero attached hydrogens (tertiary/aromatic N) is 1. The van der Waals surface area contributed by atoms with Crippen LogP contribution in [0.15, 0.2) is 0 Å². The number of aliphatic carboxylic acids is 1. The summed E-state index contributed by atoms with van der Waals surface area (Å²) in [5, 5.41) is 9.88. The molecule has 1 atom stereocenters. The molecule has 0 radical (unpaired) electrons. The van der Waals surface area contributed by atoms with Crippen LogP contribution in [0.3, 0.4) is 0 Å². The normalized spacial score (nSPS) is 12.0. The van der Waals surface area contributed by atoms with Gasteiger partial charge >= 0.3 is 5.97 Å². The number of carbonyl (C=O) groups excluding carboxylic acids is 2. The van der Waals surface area contributed by atoms with Crippen LogP contribution in [0.25, 0.3) is 0 Å². The molecule has 0 heterocycles. The molecule has 40 heavy (non-hydrogen) atoms. The Morgan fingerprint density at radius 2 is 0.850 bits per heavy atom. The predicted molar refractivity (Wildman–Crippen MR) is 168 cm³/mol. The molecular weight excluding hydrogens is 500 g/mol. The van der Waals surface area contributed by atoms with E-state index in [-0.39, 0.29) is 31.1 Å². The third-order valence-corrected chi connectivity index (χ3v) is 8.05. The molecular formula is C34H66N2O4. The fourth-order valence-corrected chi connectivity index (χ4v) is 5.45. The molecule has 0 aliphatic heterocycles. The molecule has 6 nitrogen and oxygen atoms in total. The molecule has 0 rings (SSSR count). The fraction of sp³-hybridized carbons (Fsp3) is 0.912. The second kappa shape index (κ2) is 29.1. The second-order valence-electron chi connectivity index (χ2n) is 11.9. The van der Waals surface area contributed by atoms with E-state index >= 15 is 0 Å². The van der Waals surface area contributed by atoms with Gasteiger partial charge in [0.25, 0.3) is 0 Å². The second-order valence-corrected chi connectivity index (χ2v) is 11.9. The van der Waals surface area contributed by atoms with Crippen LogP contribution in [0.1, 0.15) is 187 Å². The van der Waals surface area contributed by atoms with Gasteiger partial charge in [0.15, 0.2) is 0 Å². The number of nitrogens with two attached hydrogens (primary N) is 1. The maximum atomic E-state index is 13.1. The zero-order chi connectivity index (χ0) is 29.7. The highest BCUT2D eigenvalue weighted by atomic mass is 16.4. The Labute approximate surface area is 247 Å². The Kier molecular flexibility index (Phi) is 28.0. The van der Waals surface area contributed by atoms with E-state index in [0.717, 1.165) is 30.6 Å². The van der Waals surface area contributed by atoms with Crippen LogP contribution in [0.2, 0.25) is 0 Å². The molecule has 0 aromatic carbocycles. The molecule has 0 spiro atoms. The first-order valence-electron chi connectivity index (χ1n) is 17.3. The number of hydrogen-bond acceptors (Lipinski definition) is 4. The van der Waals surface area contributed by atoms with Crippen molar-refractivity contribution < 1.29 is 19.5 Å². The molecule has 0 aliphatic rings. The zero-order valence-electron chi connectivity index (χ0n) is 26.6. The molecule has 0 aliphatic carbocycles. The quantitative estimate of drug-likeness (QED) is 0.0843. The van der Waals surface area contributed by atoms with E-state index in [9.17, 15) is 19.5 Å². The monoisotopic (exact) mass is 567 g/mol. The molecule has 0 saturated carbocycles. The van der Waals surface area contributed by atoms with Crippen LogP contribution in [-0.2, 0) is 14.4 Å². The lowest BCUT2D eigenvalue weighted by Crippen LogP contribution is -2.48. The first-order valence-corrected chi connectivity index (χ1v) is 17.3. The number of hydrogen-bond donors (Lipinski definition) is 2. The zero-order valence-corrected chi connectivity index (χ0v) is 26.6. The molecule has 1 unspecified atom stereocenters. The molecule has 6 heteroatoms. The number of rotatable bonds is 30. The van der Waals surface area contributed by atoms with Gasteiger partial charge in [0.1, 0.15) is 6.04 Å². The SMILES string of the molecule is CCCCCCCCCCCCCC(=O)N(C(=O)CCCCCCCCCCCCC)C(CCCCN)C(=O)O. The van der Waals surface area contributed by atoms with Crippen LogP contribution >= 0.6 is 0 Å². The molecule has 0 bridgehead atoms. The van der Waals surface area contributed by atoms with Crippen molar-refractivity contribution in [3.63, 3.8) is 0 Å². The average Bonchev–Trinajstić information content (AvgIpc) is 2.94. The average molecular weight is 567 g/mol. The van der Waals surface area contributed by atoms with Gasteiger partial charge in [-0.15, -0.1) is 0 Å². The van der Waals surface area contributed by atoms with Crippen LogP contribution in [0.5, 0.6) is 0 Å². The first-order chi connectivity index (χ1) is 19.5. The smallest absolute Gasteiger partial charge is 0.326 e. The standard InChI is InChI=1S/C34H66N2O4/c1-3-5-7-9-11-13-15-17-19-21-23-28-32(37)36(31(34(39)40)27-25-26-30-35)33(38)29-24-22-20-18-16-14-12-10-8-6-4-2/h31H,3-30,35H2,1-2H3,(H,39,40). The molecule has 0 fully saturated rings. The lowest BCUT2D eigenvalue weighted by Gasteiger charge is -2.27. The lowest BCUT2D eigenvalue weighted by molar-refractivity contribution is -0.158. The maximum absolute atomic E-state index is 13.1. The highest BCUT2D eigenvalue weighted by molar-refractivity contribution is 5.99. The van der Waals surface area contributed by atoms with Crippen molar-refractivity contribution in [3.8, 4) is 0 Å². The van der Waals surface area contributed by atoms with E-state index in [1.54, 1.807) is 0 Å².